The van der Waals surface area contributed by atoms with E-state index in [0.717, 1.165) is 0 Å². The van der Waals surface area contributed by atoms with Crippen molar-refractivity contribution in [2.75, 3.05) is 6.54 Å². The number of hydrogen-bond acceptors (Lipinski definition) is 3. The Hall–Kier alpha value is -1.32. The molecule has 0 aromatic carbocycles. The van der Waals surface area contributed by atoms with Gasteiger partial charge < -0.3 is 9.84 Å². The zero-order valence-corrected chi connectivity index (χ0v) is 7.20. The molecular formula is C8H12N2O2. The van der Waals surface area contributed by atoms with Gasteiger partial charge in [0, 0.05) is 12.6 Å². The van der Waals surface area contributed by atoms with Gasteiger partial charge >= 0.3 is 0 Å². The van der Waals surface area contributed by atoms with Crippen LogP contribution in [0.5, 0.6) is 0 Å². The molecule has 0 saturated carbocycles. The van der Waals surface area contributed by atoms with Crippen LogP contribution >= 0.6 is 0 Å². The molecule has 1 N–H and O–H groups in total. The third-order valence-corrected chi connectivity index (χ3v) is 1.33. The van der Waals surface area contributed by atoms with Crippen molar-refractivity contribution in [3.63, 3.8) is 0 Å². The van der Waals surface area contributed by atoms with Crippen LogP contribution in [0.15, 0.2) is 16.8 Å². The predicted molar refractivity (Wildman–Crippen MR) is 43.7 cm³/mol. The Balaban J connectivity index is 2.40. The van der Waals surface area contributed by atoms with E-state index >= 15 is 0 Å². The van der Waals surface area contributed by atoms with Crippen LogP contribution in [0.1, 0.15) is 24.4 Å². The van der Waals surface area contributed by atoms with Gasteiger partial charge in [0.2, 0.25) is 5.76 Å². The van der Waals surface area contributed by atoms with Crippen molar-refractivity contribution in [2.24, 2.45) is 5.92 Å². The first kappa shape index (κ1) is 8.77. The summed E-state index contributed by atoms with van der Waals surface area (Å²) in [5, 5.41) is 6.15. The highest BCUT2D eigenvalue weighted by atomic mass is 16.5. The van der Waals surface area contributed by atoms with Gasteiger partial charge in [-0.15, -0.1) is 0 Å². The Morgan fingerprint density at radius 2 is 2.50 bits per heavy atom. The molecule has 1 heterocycles. The number of nitrogens with one attached hydrogen (secondary N) is 1. The van der Waals surface area contributed by atoms with Crippen molar-refractivity contribution in [3.05, 3.63) is 18.0 Å². The molecule has 0 aliphatic rings. The highest BCUT2D eigenvalue weighted by Gasteiger charge is 2.08. The SMILES string of the molecule is CC(C)CNC(=O)c1ccno1. The smallest absolute Gasteiger partial charge is 0.289 e. The van der Waals surface area contributed by atoms with Gasteiger partial charge in [0.1, 0.15) is 0 Å². The molecular weight excluding hydrogens is 156 g/mol. The number of hydrogen-bond donors (Lipinski definition) is 1. The van der Waals surface area contributed by atoms with E-state index in [1.165, 1.54) is 12.3 Å². The van der Waals surface area contributed by atoms with Crippen molar-refractivity contribution in [1.29, 1.82) is 0 Å². The molecule has 0 bridgehead atoms. The number of amides is 1. The van der Waals surface area contributed by atoms with Gasteiger partial charge in [-0.05, 0) is 5.92 Å². The van der Waals surface area contributed by atoms with E-state index in [2.05, 4.69) is 15.0 Å². The molecule has 1 aromatic rings. The average Bonchev–Trinajstić information content (AvgIpc) is 2.51. The highest BCUT2D eigenvalue weighted by molar-refractivity contribution is 5.91. The van der Waals surface area contributed by atoms with Crippen molar-refractivity contribution in [2.45, 2.75) is 13.8 Å². The molecule has 0 unspecified atom stereocenters. The summed E-state index contributed by atoms with van der Waals surface area (Å²) in [6, 6.07) is 1.54. The molecule has 4 heteroatoms. The molecule has 0 radical (unpaired) electrons. The molecule has 1 amide bonds. The molecule has 66 valence electrons. The summed E-state index contributed by atoms with van der Waals surface area (Å²) in [5.74, 6) is 0.494. The van der Waals surface area contributed by atoms with Crippen molar-refractivity contribution in [1.82, 2.24) is 10.5 Å². The number of rotatable bonds is 3. The third kappa shape index (κ3) is 2.38. The lowest BCUT2D eigenvalue weighted by atomic mass is 10.2. The van der Waals surface area contributed by atoms with E-state index in [4.69, 9.17) is 0 Å². The van der Waals surface area contributed by atoms with Crippen LogP contribution in [0.25, 0.3) is 0 Å². The molecule has 0 aliphatic heterocycles. The fraction of sp³-hybridized carbons (Fsp3) is 0.500. The van der Waals surface area contributed by atoms with E-state index < -0.39 is 0 Å². The van der Waals surface area contributed by atoms with Crippen LogP contribution < -0.4 is 5.32 Å². The Kier molecular flexibility index (Phi) is 2.85. The van der Waals surface area contributed by atoms with E-state index in [0.29, 0.717) is 12.5 Å². The Morgan fingerprint density at radius 3 is 3.00 bits per heavy atom. The zero-order chi connectivity index (χ0) is 8.97. The predicted octanol–water partition coefficient (Wildman–Crippen LogP) is 1.06. The van der Waals surface area contributed by atoms with Gasteiger partial charge in [-0.25, -0.2) is 0 Å². The summed E-state index contributed by atoms with van der Waals surface area (Å²) in [4.78, 5) is 11.2. The molecule has 0 aliphatic carbocycles. The summed E-state index contributed by atoms with van der Waals surface area (Å²) in [7, 11) is 0. The highest BCUT2D eigenvalue weighted by Crippen LogP contribution is 1.96. The maximum absolute atomic E-state index is 11.2. The Bertz CT molecular complexity index is 242. The molecule has 0 spiro atoms. The second-order valence-corrected chi connectivity index (χ2v) is 2.98. The van der Waals surface area contributed by atoms with E-state index in [9.17, 15) is 4.79 Å². The van der Waals surface area contributed by atoms with Gasteiger partial charge in [0.15, 0.2) is 0 Å². The molecule has 0 atom stereocenters. The number of carbonyl (C=O) groups is 1. The second-order valence-electron chi connectivity index (χ2n) is 2.98. The van der Waals surface area contributed by atoms with Crippen molar-refractivity contribution in [3.8, 4) is 0 Å². The molecule has 0 fully saturated rings. The van der Waals surface area contributed by atoms with E-state index in [-0.39, 0.29) is 11.7 Å². The first-order valence-corrected chi connectivity index (χ1v) is 3.89. The first-order chi connectivity index (χ1) is 5.70. The summed E-state index contributed by atoms with van der Waals surface area (Å²) in [6.45, 7) is 4.71. The lowest BCUT2D eigenvalue weighted by Crippen LogP contribution is -2.26. The quantitative estimate of drug-likeness (QED) is 0.734. The minimum absolute atomic E-state index is 0.207. The topological polar surface area (TPSA) is 55.1 Å². The van der Waals surface area contributed by atoms with Crippen LogP contribution in [-0.2, 0) is 0 Å². The van der Waals surface area contributed by atoms with Crippen LogP contribution in [0.2, 0.25) is 0 Å². The minimum Gasteiger partial charge on any atom is -0.351 e. The maximum atomic E-state index is 11.2. The molecule has 1 aromatic heterocycles. The zero-order valence-electron chi connectivity index (χ0n) is 7.20. The second kappa shape index (κ2) is 3.90. The van der Waals surface area contributed by atoms with Crippen molar-refractivity contribution >= 4 is 5.91 Å². The molecule has 0 saturated heterocycles. The van der Waals surface area contributed by atoms with E-state index in [1.54, 1.807) is 0 Å². The fourth-order valence-electron chi connectivity index (χ4n) is 0.717. The van der Waals surface area contributed by atoms with Gasteiger partial charge in [0.05, 0.1) is 6.20 Å². The minimum atomic E-state index is -0.207. The van der Waals surface area contributed by atoms with Crippen LogP contribution in [0.4, 0.5) is 0 Å². The molecule has 12 heavy (non-hydrogen) atoms. The number of aromatic nitrogens is 1. The largest absolute Gasteiger partial charge is 0.351 e. The number of carbonyl (C=O) groups excluding carboxylic acids is 1. The van der Waals surface area contributed by atoms with Crippen LogP contribution in [-0.4, -0.2) is 17.6 Å². The summed E-state index contributed by atoms with van der Waals surface area (Å²) >= 11 is 0. The normalized spacial score (nSPS) is 10.2. The first-order valence-electron chi connectivity index (χ1n) is 3.89. The third-order valence-electron chi connectivity index (χ3n) is 1.33. The van der Waals surface area contributed by atoms with E-state index in [1.807, 2.05) is 13.8 Å². The number of nitrogens with zero attached hydrogens (tertiary/aromatic N) is 1. The lowest BCUT2D eigenvalue weighted by molar-refractivity contribution is 0.0912. The van der Waals surface area contributed by atoms with Crippen LogP contribution in [0, 0.1) is 5.92 Å². The summed E-state index contributed by atoms with van der Waals surface area (Å²) in [5.41, 5.74) is 0. The summed E-state index contributed by atoms with van der Waals surface area (Å²) < 4.78 is 4.67. The van der Waals surface area contributed by atoms with Gasteiger partial charge in [-0.2, -0.15) is 0 Å². The average molecular weight is 168 g/mol. The standard InChI is InChI=1S/C8H12N2O2/c1-6(2)5-9-8(11)7-3-4-10-12-7/h3-4,6H,5H2,1-2H3,(H,9,11). The Labute approximate surface area is 70.9 Å². The molecule has 1 rings (SSSR count). The van der Waals surface area contributed by atoms with Crippen molar-refractivity contribution < 1.29 is 9.32 Å². The van der Waals surface area contributed by atoms with Gasteiger partial charge in [0.25, 0.3) is 5.91 Å². The fourth-order valence-corrected chi connectivity index (χ4v) is 0.717. The van der Waals surface area contributed by atoms with Gasteiger partial charge in [-0.3, -0.25) is 4.79 Å². The van der Waals surface area contributed by atoms with Crippen LogP contribution in [0.3, 0.4) is 0 Å². The van der Waals surface area contributed by atoms with Gasteiger partial charge in [-0.1, -0.05) is 19.0 Å². The monoisotopic (exact) mass is 168 g/mol. The summed E-state index contributed by atoms with van der Waals surface area (Å²) in [6.07, 6.45) is 1.45. The lowest BCUT2D eigenvalue weighted by Gasteiger charge is -2.04. The Morgan fingerprint density at radius 1 is 1.75 bits per heavy atom. The maximum Gasteiger partial charge on any atom is 0.289 e. The molecule has 4 nitrogen and oxygen atoms in total.